The van der Waals surface area contributed by atoms with Crippen LogP contribution in [-0.4, -0.2) is 70.7 Å². The number of ether oxygens (including phenoxy) is 2. The number of hydrogen-bond acceptors (Lipinski definition) is 7. The molecule has 2 atom stereocenters. The maximum atomic E-state index is 12.2. The van der Waals surface area contributed by atoms with Crippen LogP contribution in [0.5, 0.6) is 0 Å². The molecule has 0 spiro atoms. The van der Waals surface area contributed by atoms with Gasteiger partial charge in [-0.1, -0.05) is 83.1 Å². The molecule has 0 saturated heterocycles. The van der Waals surface area contributed by atoms with Crippen LogP contribution in [0.15, 0.2) is 24.3 Å². The normalized spacial score (nSPS) is 14.7. The van der Waals surface area contributed by atoms with Crippen LogP contribution in [0.4, 0.5) is 0 Å². The molecular formula is C30H58NO7P. The highest BCUT2D eigenvalue weighted by Crippen LogP contribution is 2.38. The molecule has 0 N–H and O–H groups in total. The van der Waals surface area contributed by atoms with Gasteiger partial charge in [0.25, 0.3) is 7.82 Å². The molecule has 0 rings (SSSR count). The summed E-state index contributed by atoms with van der Waals surface area (Å²) >= 11 is 0. The summed E-state index contributed by atoms with van der Waals surface area (Å²) in [5.74, 6) is -0.366. The number of carbonyl (C=O) groups is 1. The number of phosphoric acid groups is 1. The Morgan fingerprint density at radius 2 is 1.46 bits per heavy atom. The monoisotopic (exact) mass is 575 g/mol. The molecule has 0 saturated carbocycles. The van der Waals surface area contributed by atoms with Crippen LogP contribution < -0.4 is 4.89 Å². The molecule has 0 radical (unpaired) electrons. The van der Waals surface area contributed by atoms with Gasteiger partial charge in [0.2, 0.25) is 0 Å². The fourth-order valence-corrected chi connectivity index (χ4v) is 4.31. The van der Waals surface area contributed by atoms with Crippen molar-refractivity contribution in [3.8, 4) is 0 Å². The molecule has 0 aliphatic carbocycles. The van der Waals surface area contributed by atoms with E-state index in [1.54, 1.807) is 0 Å². The fourth-order valence-electron chi connectivity index (χ4n) is 3.58. The van der Waals surface area contributed by atoms with Crippen LogP contribution in [0.25, 0.3) is 0 Å². The molecular weight excluding hydrogens is 517 g/mol. The molecule has 0 aromatic heterocycles. The van der Waals surface area contributed by atoms with Crippen molar-refractivity contribution in [1.29, 1.82) is 0 Å². The van der Waals surface area contributed by atoms with Gasteiger partial charge < -0.3 is 27.9 Å². The summed E-state index contributed by atoms with van der Waals surface area (Å²) in [6.07, 6.45) is 22.6. The Morgan fingerprint density at radius 1 is 0.795 bits per heavy atom. The predicted octanol–water partition coefficient (Wildman–Crippen LogP) is 6.74. The first-order valence-electron chi connectivity index (χ1n) is 15.1. The first-order valence-corrected chi connectivity index (χ1v) is 16.5. The Balaban J connectivity index is 4.18. The van der Waals surface area contributed by atoms with Gasteiger partial charge in [0.1, 0.15) is 19.3 Å². The second kappa shape index (κ2) is 24.8. The van der Waals surface area contributed by atoms with Crippen molar-refractivity contribution < 1.29 is 37.3 Å². The Kier molecular flexibility index (Phi) is 24.1. The van der Waals surface area contributed by atoms with Gasteiger partial charge in [-0.15, -0.1) is 0 Å². The minimum Gasteiger partial charge on any atom is -0.756 e. The zero-order valence-electron chi connectivity index (χ0n) is 25.6. The van der Waals surface area contributed by atoms with E-state index in [9.17, 15) is 14.3 Å². The highest BCUT2D eigenvalue weighted by molar-refractivity contribution is 7.45. The third-order valence-corrected chi connectivity index (χ3v) is 6.95. The van der Waals surface area contributed by atoms with E-state index in [1.807, 2.05) is 21.1 Å². The Bertz CT molecular complexity index is 691. The summed E-state index contributed by atoms with van der Waals surface area (Å²) in [5, 5.41) is 0. The highest BCUT2D eigenvalue weighted by Gasteiger charge is 2.20. The van der Waals surface area contributed by atoms with Crippen LogP contribution in [0, 0.1) is 0 Å². The van der Waals surface area contributed by atoms with E-state index in [2.05, 4.69) is 38.2 Å². The second-order valence-electron chi connectivity index (χ2n) is 11.1. The van der Waals surface area contributed by atoms with Crippen molar-refractivity contribution in [2.24, 2.45) is 0 Å². The van der Waals surface area contributed by atoms with Gasteiger partial charge >= 0.3 is 5.97 Å². The molecule has 0 amide bonds. The molecule has 0 bridgehead atoms. The number of rotatable bonds is 27. The maximum Gasteiger partial charge on any atom is 0.306 e. The summed E-state index contributed by atoms with van der Waals surface area (Å²) in [6, 6.07) is 0. The average Bonchev–Trinajstić information content (AvgIpc) is 2.86. The average molecular weight is 576 g/mol. The van der Waals surface area contributed by atoms with Crippen molar-refractivity contribution >= 4 is 13.8 Å². The number of allylic oxidation sites excluding steroid dienone is 4. The number of unbranched alkanes of at least 4 members (excludes halogenated alkanes) is 9. The number of carbonyl (C=O) groups excluding carboxylic acids is 1. The lowest BCUT2D eigenvalue weighted by molar-refractivity contribution is -0.870. The van der Waals surface area contributed by atoms with Gasteiger partial charge in [0.15, 0.2) is 0 Å². The second-order valence-corrected chi connectivity index (χ2v) is 12.5. The molecule has 0 aliphatic rings. The summed E-state index contributed by atoms with van der Waals surface area (Å²) in [5.41, 5.74) is 0. The van der Waals surface area contributed by atoms with Crippen molar-refractivity contribution in [2.75, 3.05) is 54.1 Å². The summed E-state index contributed by atoms with van der Waals surface area (Å²) < 4.78 is 33.8. The van der Waals surface area contributed by atoms with Crippen molar-refractivity contribution in [3.63, 3.8) is 0 Å². The molecule has 9 heteroatoms. The zero-order valence-corrected chi connectivity index (χ0v) is 26.5. The van der Waals surface area contributed by atoms with E-state index in [0.29, 0.717) is 24.1 Å². The third-order valence-electron chi connectivity index (χ3n) is 5.99. The summed E-state index contributed by atoms with van der Waals surface area (Å²) in [6.45, 7) is 5.11. The summed E-state index contributed by atoms with van der Waals surface area (Å²) in [7, 11) is 1.34. The zero-order chi connectivity index (χ0) is 29.2. The first-order chi connectivity index (χ1) is 18.6. The van der Waals surface area contributed by atoms with Crippen LogP contribution in [-0.2, 0) is 27.9 Å². The molecule has 8 nitrogen and oxygen atoms in total. The van der Waals surface area contributed by atoms with Gasteiger partial charge in [-0.05, 0) is 38.5 Å². The Labute approximate surface area is 239 Å². The van der Waals surface area contributed by atoms with Crippen molar-refractivity contribution in [1.82, 2.24) is 0 Å². The van der Waals surface area contributed by atoms with E-state index < -0.39 is 13.9 Å². The molecule has 0 aliphatic heterocycles. The minimum atomic E-state index is -4.49. The number of likely N-dealkylation sites (N-methyl/N-ethyl adjacent to an activating group) is 1. The van der Waals surface area contributed by atoms with Gasteiger partial charge in [-0.2, -0.15) is 0 Å². The number of esters is 1. The molecule has 0 fully saturated rings. The molecule has 2 unspecified atom stereocenters. The van der Waals surface area contributed by atoms with Gasteiger partial charge in [-0.3, -0.25) is 9.36 Å². The van der Waals surface area contributed by atoms with E-state index >= 15 is 0 Å². The molecule has 230 valence electrons. The van der Waals surface area contributed by atoms with Crippen LogP contribution in [0.2, 0.25) is 0 Å². The maximum absolute atomic E-state index is 12.2. The van der Waals surface area contributed by atoms with E-state index in [0.717, 1.165) is 57.8 Å². The van der Waals surface area contributed by atoms with E-state index in [1.165, 1.54) is 25.7 Å². The smallest absolute Gasteiger partial charge is 0.306 e. The molecule has 0 aromatic rings. The molecule has 39 heavy (non-hydrogen) atoms. The van der Waals surface area contributed by atoms with Gasteiger partial charge in [0.05, 0.1) is 34.4 Å². The van der Waals surface area contributed by atoms with Crippen LogP contribution in [0.1, 0.15) is 104 Å². The quantitative estimate of drug-likeness (QED) is 0.0352. The Morgan fingerprint density at radius 3 is 2.13 bits per heavy atom. The topological polar surface area (TPSA) is 94.1 Å². The lowest BCUT2D eigenvalue weighted by Gasteiger charge is -2.28. The van der Waals surface area contributed by atoms with Gasteiger partial charge in [-0.25, -0.2) is 0 Å². The SMILES string of the molecule is CCC/C=C\C/C=C\CCCCCCCCOCC(COP(=O)([O-])OCC[N+](C)(C)C)OC(=O)CCCCC. The molecule has 0 heterocycles. The number of phosphoric ester groups is 1. The lowest BCUT2D eigenvalue weighted by atomic mass is 10.1. The van der Waals surface area contributed by atoms with E-state index in [-0.39, 0.29) is 25.8 Å². The van der Waals surface area contributed by atoms with Crippen molar-refractivity contribution in [2.45, 2.75) is 110 Å². The number of nitrogens with zero attached hydrogens (tertiary/aromatic N) is 1. The minimum absolute atomic E-state index is 0.0235. The predicted molar refractivity (Wildman–Crippen MR) is 157 cm³/mol. The summed E-state index contributed by atoms with van der Waals surface area (Å²) in [4.78, 5) is 24.3. The van der Waals surface area contributed by atoms with Crippen molar-refractivity contribution in [3.05, 3.63) is 24.3 Å². The Hall–Kier alpha value is -1.02. The largest absolute Gasteiger partial charge is 0.756 e. The van der Waals surface area contributed by atoms with Gasteiger partial charge in [0, 0.05) is 13.0 Å². The lowest BCUT2D eigenvalue weighted by Crippen LogP contribution is -2.37. The first kappa shape index (κ1) is 38.0. The number of hydrogen-bond donors (Lipinski definition) is 0. The standard InChI is InChI=1S/C30H58NO7P/c1-6-8-10-11-12-13-14-15-16-17-18-19-20-22-25-35-27-29(38-30(32)23-21-9-7-2)28-37-39(33,34)36-26-24-31(3,4)5/h10-11,13-14,29H,6-9,12,15-28H2,1-5H3/b11-10-,14-13-. The van der Waals surface area contributed by atoms with E-state index in [4.69, 9.17) is 18.5 Å². The third kappa shape index (κ3) is 28.3. The number of quaternary nitrogens is 1. The highest BCUT2D eigenvalue weighted by atomic mass is 31.2. The van der Waals surface area contributed by atoms with Crippen LogP contribution >= 0.6 is 7.82 Å². The molecule has 0 aromatic carbocycles. The van der Waals surface area contributed by atoms with Crippen LogP contribution in [0.3, 0.4) is 0 Å². The fraction of sp³-hybridized carbons (Fsp3) is 0.833.